The van der Waals surface area contributed by atoms with Crippen LogP contribution in [0.5, 0.6) is 5.75 Å². The molecular weight excluding hydrogens is 436 g/mol. The lowest BCUT2D eigenvalue weighted by Gasteiger charge is -2.27. The second-order valence-corrected chi connectivity index (χ2v) is 10.2. The molecule has 2 aliphatic rings. The van der Waals surface area contributed by atoms with Gasteiger partial charge < -0.3 is 14.5 Å². The molecule has 0 bridgehead atoms. The van der Waals surface area contributed by atoms with Crippen LogP contribution in [0.3, 0.4) is 0 Å². The molecule has 3 aromatic rings. The van der Waals surface area contributed by atoms with E-state index in [1.165, 1.54) is 5.56 Å². The van der Waals surface area contributed by atoms with Crippen LogP contribution in [0, 0.1) is 6.92 Å². The molecule has 1 aromatic carbocycles. The Hall–Kier alpha value is -3.32. The summed E-state index contributed by atoms with van der Waals surface area (Å²) in [6.07, 6.45) is 2.80. The Bertz CT molecular complexity index is 1300. The summed E-state index contributed by atoms with van der Waals surface area (Å²) in [4.78, 5) is 23.7. The van der Waals surface area contributed by atoms with Crippen molar-refractivity contribution >= 4 is 17.2 Å². The average Bonchev–Trinajstić information content (AvgIpc) is 3.03. The molecule has 35 heavy (non-hydrogen) atoms. The van der Waals surface area contributed by atoms with Gasteiger partial charge in [-0.2, -0.15) is 0 Å². The van der Waals surface area contributed by atoms with Crippen molar-refractivity contribution in [3.8, 4) is 16.9 Å². The molecule has 4 heterocycles. The van der Waals surface area contributed by atoms with Crippen molar-refractivity contribution in [2.75, 3.05) is 32.1 Å². The highest BCUT2D eigenvalue weighted by molar-refractivity contribution is 5.92. The summed E-state index contributed by atoms with van der Waals surface area (Å²) < 4.78 is 6.17. The van der Waals surface area contributed by atoms with Gasteiger partial charge in [-0.25, -0.2) is 9.97 Å². The van der Waals surface area contributed by atoms with Crippen LogP contribution in [0.2, 0.25) is 0 Å². The van der Waals surface area contributed by atoms with Gasteiger partial charge in [0.15, 0.2) is 0 Å². The first kappa shape index (κ1) is 23.4. The van der Waals surface area contributed by atoms with Gasteiger partial charge in [-0.3, -0.25) is 9.98 Å². The Labute approximate surface area is 207 Å². The van der Waals surface area contributed by atoms with E-state index in [-0.39, 0.29) is 0 Å². The van der Waals surface area contributed by atoms with Crippen LogP contribution < -0.4 is 9.64 Å². The van der Waals surface area contributed by atoms with Crippen LogP contribution in [0.25, 0.3) is 11.1 Å². The smallest absolute Gasteiger partial charge is 0.144 e. The third kappa shape index (κ3) is 4.78. The molecule has 2 aromatic heterocycles. The number of aliphatic imine (C=N–C) groups is 1. The Morgan fingerprint density at radius 1 is 1.09 bits per heavy atom. The lowest BCUT2D eigenvalue weighted by atomic mass is 10.0. The maximum Gasteiger partial charge on any atom is 0.144 e. The standard InChI is InChI=1S/C28H34N6O/c1-17(2)27-19(4)31-26(16-33(5)6)32-28(27)34-9-10-35-25-8-7-20(12-22(25)15-34)21-13-24-23(29-14-21)11-18(3)30-24/h7-8,12-14,17H,9-11,15-16H2,1-6H3. The van der Waals surface area contributed by atoms with Crippen molar-refractivity contribution < 1.29 is 4.74 Å². The van der Waals surface area contributed by atoms with Crippen molar-refractivity contribution in [3.05, 3.63) is 58.8 Å². The molecule has 7 nitrogen and oxygen atoms in total. The van der Waals surface area contributed by atoms with Crippen molar-refractivity contribution in [2.45, 2.75) is 53.1 Å². The SMILES string of the molecule is CC1=Nc2cc(-c3ccc4c(c3)CN(c3nc(CN(C)C)nc(C)c3C(C)C)CCO4)cnc2C1. The zero-order valence-electron chi connectivity index (χ0n) is 21.6. The Kier molecular flexibility index (Phi) is 6.28. The number of pyridine rings is 1. The molecule has 0 amide bonds. The predicted molar refractivity (Wildman–Crippen MR) is 141 cm³/mol. The summed E-state index contributed by atoms with van der Waals surface area (Å²) in [6, 6.07) is 8.58. The van der Waals surface area contributed by atoms with E-state index in [1.54, 1.807) is 0 Å². The first-order chi connectivity index (χ1) is 16.8. The number of fused-ring (bicyclic) bond motifs is 2. The van der Waals surface area contributed by atoms with Crippen LogP contribution in [0.15, 0.2) is 35.5 Å². The lowest BCUT2D eigenvalue weighted by Crippen LogP contribution is -2.29. The molecule has 0 N–H and O–H groups in total. The Balaban J connectivity index is 1.52. The van der Waals surface area contributed by atoms with Gasteiger partial charge in [-0.15, -0.1) is 0 Å². The predicted octanol–water partition coefficient (Wildman–Crippen LogP) is 5.08. The number of aromatic nitrogens is 3. The molecule has 0 saturated carbocycles. The van der Waals surface area contributed by atoms with Crippen molar-refractivity contribution in [3.63, 3.8) is 0 Å². The summed E-state index contributed by atoms with van der Waals surface area (Å²) in [7, 11) is 4.10. The highest BCUT2D eigenvalue weighted by atomic mass is 16.5. The third-order valence-electron chi connectivity index (χ3n) is 6.55. The number of hydrogen-bond acceptors (Lipinski definition) is 7. The topological polar surface area (TPSA) is 66.7 Å². The fourth-order valence-electron chi connectivity index (χ4n) is 5.01. The number of nitrogens with zero attached hydrogens (tertiary/aromatic N) is 6. The monoisotopic (exact) mass is 470 g/mol. The Morgan fingerprint density at radius 2 is 1.91 bits per heavy atom. The minimum Gasteiger partial charge on any atom is -0.491 e. The average molecular weight is 471 g/mol. The third-order valence-corrected chi connectivity index (χ3v) is 6.55. The van der Waals surface area contributed by atoms with E-state index in [0.29, 0.717) is 19.1 Å². The van der Waals surface area contributed by atoms with Gasteiger partial charge in [0.2, 0.25) is 0 Å². The summed E-state index contributed by atoms with van der Waals surface area (Å²) in [5.41, 5.74) is 8.79. The molecule has 0 radical (unpaired) electrons. The largest absolute Gasteiger partial charge is 0.491 e. The van der Waals surface area contributed by atoms with Crippen LogP contribution >= 0.6 is 0 Å². The molecule has 182 valence electrons. The quantitative estimate of drug-likeness (QED) is 0.518. The first-order valence-corrected chi connectivity index (χ1v) is 12.3. The van der Waals surface area contributed by atoms with Gasteiger partial charge in [0, 0.05) is 47.3 Å². The number of hydrogen-bond donors (Lipinski definition) is 0. The highest BCUT2D eigenvalue weighted by Crippen LogP contribution is 2.35. The van der Waals surface area contributed by atoms with Crippen LogP contribution in [0.1, 0.15) is 55.0 Å². The summed E-state index contributed by atoms with van der Waals surface area (Å²) in [5, 5.41) is 0. The van der Waals surface area contributed by atoms with Gasteiger partial charge in [0.05, 0.1) is 24.5 Å². The molecule has 0 spiro atoms. The minimum absolute atomic E-state index is 0.329. The summed E-state index contributed by atoms with van der Waals surface area (Å²) >= 11 is 0. The Morgan fingerprint density at radius 3 is 2.69 bits per heavy atom. The molecule has 0 unspecified atom stereocenters. The van der Waals surface area contributed by atoms with Gasteiger partial charge in [-0.05, 0) is 57.6 Å². The van der Waals surface area contributed by atoms with E-state index < -0.39 is 0 Å². The van der Waals surface area contributed by atoms with Gasteiger partial charge in [0.25, 0.3) is 0 Å². The van der Waals surface area contributed by atoms with E-state index in [4.69, 9.17) is 14.7 Å². The van der Waals surface area contributed by atoms with E-state index in [2.05, 4.69) is 71.7 Å². The van der Waals surface area contributed by atoms with Gasteiger partial charge in [0.1, 0.15) is 24.0 Å². The highest BCUT2D eigenvalue weighted by Gasteiger charge is 2.24. The van der Waals surface area contributed by atoms with Gasteiger partial charge >= 0.3 is 0 Å². The van der Waals surface area contributed by atoms with E-state index in [1.807, 2.05) is 20.3 Å². The van der Waals surface area contributed by atoms with E-state index in [0.717, 1.165) is 76.4 Å². The fourth-order valence-corrected chi connectivity index (χ4v) is 5.01. The molecule has 0 aliphatic carbocycles. The number of benzene rings is 1. The number of anilines is 1. The van der Waals surface area contributed by atoms with Crippen molar-refractivity contribution in [1.82, 2.24) is 19.9 Å². The zero-order valence-corrected chi connectivity index (χ0v) is 21.6. The minimum atomic E-state index is 0.329. The lowest BCUT2D eigenvalue weighted by molar-refractivity contribution is 0.331. The first-order valence-electron chi connectivity index (χ1n) is 12.3. The normalized spacial score (nSPS) is 15.1. The fraction of sp³-hybridized carbons (Fsp3) is 0.429. The van der Waals surface area contributed by atoms with Crippen molar-refractivity contribution in [1.29, 1.82) is 0 Å². The van der Waals surface area contributed by atoms with Gasteiger partial charge in [-0.1, -0.05) is 19.9 Å². The maximum absolute atomic E-state index is 6.17. The molecule has 5 rings (SSSR count). The number of ether oxygens (including phenoxy) is 1. The van der Waals surface area contributed by atoms with E-state index in [9.17, 15) is 0 Å². The zero-order chi connectivity index (χ0) is 24.7. The summed E-state index contributed by atoms with van der Waals surface area (Å²) in [6.45, 7) is 11.4. The molecule has 7 heteroatoms. The van der Waals surface area contributed by atoms with E-state index >= 15 is 0 Å². The van der Waals surface area contributed by atoms with Crippen LogP contribution in [-0.2, 0) is 19.5 Å². The number of rotatable bonds is 5. The number of aryl methyl sites for hydroxylation is 1. The molecule has 0 saturated heterocycles. The second kappa shape index (κ2) is 9.38. The van der Waals surface area contributed by atoms with Crippen LogP contribution in [-0.4, -0.2) is 52.8 Å². The molecular formula is C28H34N6O. The molecule has 0 atom stereocenters. The molecule has 0 fully saturated rings. The summed E-state index contributed by atoms with van der Waals surface area (Å²) in [5.74, 6) is 3.14. The van der Waals surface area contributed by atoms with Crippen molar-refractivity contribution in [2.24, 2.45) is 4.99 Å². The molecule has 2 aliphatic heterocycles. The maximum atomic E-state index is 6.17. The van der Waals surface area contributed by atoms with Crippen LogP contribution in [0.4, 0.5) is 11.5 Å². The second-order valence-electron chi connectivity index (χ2n) is 10.2.